The van der Waals surface area contributed by atoms with E-state index in [4.69, 9.17) is 5.11 Å². The Labute approximate surface area is 230 Å². The number of carbonyl (C=O) groups is 1. The predicted octanol–water partition coefficient (Wildman–Crippen LogP) is 5.43. The summed E-state index contributed by atoms with van der Waals surface area (Å²) in [6.45, 7) is 5.57. The number of benzene rings is 1. The van der Waals surface area contributed by atoms with Crippen LogP contribution < -0.4 is 10.2 Å². The zero-order valence-corrected chi connectivity index (χ0v) is 22.3. The molecule has 4 heterocycles. The molecule has 4 aromatic rings. The largest absolute Gasteiger partial charge is 0.478 e. The molecule has 2 N–H and O–H groups in total. The van der Waals surface area contributed by atoms with Crippen LogP contribution in [-0.2, 0) is 6.42 Å². The smallest absolute Gasteiger partial charge is 0.335 e. The van der Waals surface area contributed by atoms with E-state index in [0.717, 1.165) is 24.5 Å². The van der Waals surface area contributed by atoms with Crippen molar-refractivity contribution >= 4 is 59.3 Å². The van der Waals surface area contributed by atoms with E-state index in [1.165, 1.54) is 24.7 Å². The standard InChI is InChI=1S/C25H25F2N7O2.2ClH/c1-3-15-9-28-25(29-10-15)33-7-6-20(14(2)11-33)34-12-18(27)21-22(30-13-31-23(21)34)32-19-5-4-16(24(35)36)8-17(19)26;;/h4-5,8-10,12-14,20H,3,6-7,11H2,1-2H3,(H,35,36)(H,30,31,32);2*1H/t14-,20+;;/m1../s1. The van der Waals surface area contributed by atoms with Crippen LogP contribution in [0.1, 0.15) is 42.2 Å². The summed E-state index contributed by atoms with van der Waals surface area (Å²) in [5.74, 6) is -1.60. The third-order valence-electron chi connectivity index (χ3n) is 6.63. The number of carboxylic acid groups (broad SMARTS) is 1. The van der Waals surface area contributed by atoms with Crippen molar-refractivity contribution in [2.24, 2.45) is 5.92 Å². The van der Waals surface area contributed by atoms with Crippen molar-refractivity contribution in [2.45, 2.75) is 32.7 Å². The van der Waals surface area contributed by atoms with E-state index in [1.54, 1.807) is 0 Å². The number of aryl methyl sites for hydroxylation is 1. The van der Waals surface area contributed by atoms with Crippen molar-refractivity contribution in [3.8, 4) is 0 Å². The van der Waals surface area contributed by atoms with Gasteiger partial charge >= 0.3 is 5.97 Å². The first kappa shape index (κ1) is 29.0. The molecule has 0 aliphatic carbocycles. The highest BCUT2D eigenvalue weighted by atomic mass is 35.5. The first-order valence-electron chi connectivity index (χ1n) is 11.7. The minimum atomic E-state index is -1.24. The second-order valence-electron chi connectivity index (χ2n) is 8.95. The number of rotatable bonds is 6. The molecular formula is C25H27Cl2F2N7O2. The Morgan fingerprint density at radius 2 is 1.87 bits per heavy atom. The fourth-order valence-corrected chi connectivity index (χ4v) is 4.69. The van der Waals surface area contributed by atoms with Crippen molar-refractivity contribution in [3.05, 3.63) is 65.9 Å². The number of nitrogens with one attached hydrogen (secondary N) is 1. The van der Waals surface area contributed by atoms with Crippen LogP contribution in [0.25, 0.3) is 11.0 Å². The summed E-state index contributed by atoms with van der Waals surface area (Å²) in [4.78, 5) is 30.6. The average molecular weight is 566 g/mol. The van der Waals surface area contributed by atoms with E-state index in [1.807, 2.05) is 17.0 Å². The second-order valence-corrected chi connectivity index (χ2v) is 8.95. The lowest BCUT2D eigenvalue weighted by molar-refractivity contribution is 0.0696. The van der Waals surface area contributed by atoms with Crippen LogP contribution in [0.5, 0.6) is 0 Å². The molecule has 0 radical (unpaired) electrons. The third-order valence-corrected chi connectivity index (χ3v) is 6.63. The number of anilines is 3. The van der Waals surface area contributed by atoms with Crippen molar-refractivity contribution in [2.75, 3.05) is 23.3 Å². The van der Waals surface area contributed by atoms with Gasteiger partial charge < -0.3 is 19.9 Å². The third kappa shape index (κ3) is 5.48. The van der Waals surface area contributed by atoms with E-state index in [0.29, 0.717) is 24.7 Å². The summed E-state index contributed by atoms with van der Waals surface area (Å²) in [6.07, 6.45) is 8.02. The molecule has 3 aromatic heterocycles. The van der Waals surface area contributed by atoms with Gasteiger partial charge in [0.1, 0.15) is 23.6 Å². The van der Waals surface area contributed by atoms with Crippen LogP contribution >= 0.6 is 24.8 Å². The minimum Gasteiger partial charge on any atom is -0.478 e. The highest BCUT2D eigenvalue weighted by Crippen LogP contribution is 2.35. The van der Waals surface area contributed by atoms with E-state index in [9.17, 15) is 9.18 Å². The summed E-state index contributed by atoms with van der Waals surface area (Å²) in [7, 11) is 0. The van der Waals surface area contributed by atoms with Crippen LogP contribution in [0.2, 0.25) is 0 Å². The van der Waals surface area contributed by atoms with Gasteiger partial charge in [-0.3, -0.25) is 0 Å². The van der Waals surface area contributed by atoms with Crippen molar-refractivity contribution in [3.63, 3.8) is 0 Å². The fraction of sp³-hybridized carbons (Fsp3) is 0.320. The van der Waals surface area contributed by atoms with Gasteiger partial charge in [-0.05, 0) is 42.5 Å². The number of hydrogen-bond donors (Lipinski definition) is 2. The topological polar surface area (TPSA) is 109 Å². The molecule has 0 bridgehead atoms. The van der Waals surface area contributed by atoms with Crippen molar-refractivity contribution in [1.82, 2.24) is 24.5 Å². The van der Waals surface area contributed by atoms with Gasteiger partial charge in [-0.1, -0.05) is 13.8 Å². The van der Waals surface area contributed by atoms with Gasteiger partial charge in [0.05, 0.1) is 16.6 Å². The summed E-state index contributed by atoms with van der Waals surface area (Å²) >= 11 is 0. The van der Waals surface area contributed by atoms with Gasteiger partial charge in [0.15, 0.2) is 5.82 Å². The molecule has 1 fully saturated rings. The lowest BCUT2D eigenvalue weighted by Gasteiger charge is -2.37. The van der Waals surface area contributed by atoms with Crippen LogP contribution in [-0.4, -0.2) is 48.7 Å². The molecule has 9 nitrogen and oxygen atoms in total. The molecular weight excluding hydrogens is 539 g/mol. The summed E-state index contributed by atoms with van der Waals surface area (Å²) in [6, 6.07) is 3.44. The quantitative estimate of drug-likeness (QED) is 0.318. The Balaban J connectivity index is 0.00000200. The molecule has 1 aliphatic heterocycles. The number of aromatic carboxylic acids is 1. The first-order chi connectivity index (χ1) is 17.4. The lowest BCUT2D eigenvalue weighted by atomic mass is 9.94. The number of nitrogens with zero attached hydrogens (tertiary/aromatic N) is 6. The lowest BCUT2D eigenvalue weighted by Crippen LogP contribution is -2.41. The highest BCUT2D eigenvalue weighted by molar-refractivity contribution is 5.91. The maximum Gasteiger partial charge on any atom is 0.335 e. The molecule has 13 heteroatoms. The number of hydrogen-bond acceptors (Lipinski definition) is 7. The zero-order valence-electron chi connectivity index (χ0n) is 20.6. The van der Waals surface area contributed by atoms with Gasteiger partial charge in [0.2, 0.25) is 5.95 Å². The van der Waals surface area contributed by atoms with Crippen LogP contribution in [0.15, 0.2) is 43.1 Å². The molecule has 1 saturated heterocycles. The number of fused-ring (bicyclic) bond motifs is 1. The van der Waals surface area contributed by atoms with Crippen LogP contribution in [0, 0.1) is 17.6 Å². The number of aromatic nitrogens is 5. The molecule has 2 atom stereocenters. The Morgan fingerprint density at radius 3 is 2.50 bits per heavy atom. The van der Waals surface area contributed by atoms with E-state index >= 15 is 4.39 Å². The van der Waals surface area contributed by atoms with E-state index in [-0.39, 0.29) is 59.2 Å². The molecule has 1 aromatic carbocycles. The monoisotopic (exact) mass is 565 g/mol. The van der Waals surface area contributed by atoms with Gasteiger partial charge in [0, 0.05) is 37.7 Å². The first-order valence-corrected chi connectivity index (χ1v) is 11.7. The molecule has 1 aliphatic rings. The predicted molar refractivity (Wildman–Crippen MR) is 145 cm³/mol. The molecule has 0 unspecified atom stereocenters. The molecule has 202 valence electrons. The average Bonchev–Trinajstić information content (AvgIpc) is 3.22. The summed E-state index contributed by atoms with van der Waals surface area (Å²) in [5.41, 5.74) is 1.29. The van der Waals surface area contributed by atoms with Crippen molar-refractivity contribution < 1.29 is 18.7 Å². The van der Waals surface area contributed by atoms with Crippen LogP contribution in [0.3, 0.4) is 0 Å². The number of piperidine rings is 1. The van der Waals surface area contributed by atoms with Gasteiger partial charge in [-0.15, -0.1) is 24.8 Å². The Morgan fingerprint density at radius 1 is 1.13 bits per heavy atom. The maximum absolute atomic E-state index is 15.2. The zero-order chi connectivity index (χ0) is 25.4. The maximum atomic E-state index is 15.2. The number of halogens is 4. The highest BCUT2D eigenvalue weighted by Gasteiger charge is 2.31. The molecule has 5 rings (SSSR count). The van der Waals surface area contributed by atoms with Gasteiger partial charge in [0.25, 0.3) is 0 Å². The Kier molecular flexibility index (Phi) is 9.05. The summed E-state index contributed by atoms with van der Waals surface area (Å²) in [5, 5.41) is 12.0. The minimum absolute atomic E-state index is 0. The van der Waals surface area contributed by atoms with Gasteiger partial charge in [-0.2, -0.15) is 0 Å². The SMILES string of the molecule is CCc1cnc(N2CC[C@H](n3cc(F)c4c(Nc5ccc(C(=O)O)cc5F)ncnc43)[C@H](C)C2)nc1.Cl.Cl. The Hall–Kier alpha value is -3.57. The summed E-state index contributed by atoms with van der Waals surface area (Å²) < 4.78 is 31.5. The molecule has 0 amide bonds. The molecule has 38 heavy (non-hydrogen) atoms. The molecule has 0 saturated carbocycles. The Bertz CT molecular complexity index is 1440. The van der Waals surface area contributed by atoms with E-state index in [2.05, 4.69) is 44.0 Å². The van der Waals surface area contributed by atoms with Gasteiger partial charge in [-0.25, -0.2) is 33.5 Å². The van der Waals surface area contributed by atoms with Crippen molar-refractivity contribution in [1.29, 1.82) is 0 Å². The fourth-order valence-electron chi connectivity index (χ4n) is 4.69. The molecule has 0 spiro atoms. The van der Waals surface area contributed by atoms with Crippen LogP contribution in [0.4, 0.5) is 26.2 Å². The number of carboxylic acids is 1. The second kappa shape index (κ2) is 11.9. The normalized spacial score (nSPS) is 17.0. The van der Waals surface area contributed by atoms with E-state index < -0.39 is 17.6 Å².